The molecule has 0 bridgehead atoms. The van der Waals surface area contributed by atoms with Crippen LogP contribution in [0.1, 0.15) is 39.5 Å². The van der Waals surface area contributed by atoms with E-state index in [1.54, 1.807) is 6.92 Å². The molecule has 0 spiro atoms. The fourth-order valence-corrected chi connectivity index (χ4v) is 5.02. The summed E-state index contributed by atoms with van der Waals surface area (Å²) >= 11 is 2.96. The number of fused-ring (bicyclic) bond motifs is 3. The molecule has 4 rings (SSSR count). The number of carbonyl (C=O) groups excluding carboxylic acids is 2. The molecule has 1 aromatic carbocycles. The summed E-state index contributed by atoms with van der Waals surface area (Å²) in [5.41, 5.74) is 2.01. The highest BCUT2D eigenvalue weighted by Gasteiger charge is 2.25. The van der Waals surface area contributed by atoms with Gasteiger partial charge in [-0.2, -0.15) is 0 Å². The average Bonchev–Trinajstić information content (AvgIpc) is 3.37. The van der Waals surface area contributed by atoms with Crippen LogP contribution in [0.4, 0.5) is 0 Å². The molecule has 0 saturated carbocycles. The van der Waals surface area contributed by atoms with Crippen molar-refractivity contribution in [3.63, 3.8) is 0 Å². The molecule has 0 fully saturated rings. The zero-order valence-corrected chi connectivity index (χ0v) is 16.9. The van der Waals surface area contributed by atoms with Gasteiger partial charge in [0.1, 0.15) is 12.4 Å². The highest BCUT2D eigenvalue weighted by Crippen LogP contribution is 2.42. The summed E-state index contributed by atoms with van der Waals surface area (Å²) in [5, 5.41) is 4.93. The molecule has 0 saturated heterocycles. The lowest BCUT2D eigenvalue weighted by Gasteiger charge is -2.16. The Bertz CT molecular complexity index is 994. The Morgan fingerprint density at radius 1 is 1.25 bits per heavy atom. The summed E-state index contributed by atoms with van der Waals surface area (Å²) < 4.78 is 10.8. The Hall–Kier alpha value is -2.64. The Morgan fingerprint density at radius 2 is 2.11 bits per heavy atom. The molecule has 7 heteroatoms. The summed E-state index contributed by atoms with van der Waals surface area (Å²) in [7, 11) is 0. The quantitative estimate of drug-likeness (QED) is 0.590. The van der Waals surface area contributed by atoms with Crippen molar-refractivity contribution >= 4 is 34.6 Å². The van der Waals surface area contributed by atoms with E-state index in [2.05, 4.69) is 5.32 Å². The predicted molar refractivity (Wildman–Crippen MR) is 110 cm³/mol. The van der Waals surface area contributed by atoms with Gasteiger partial charge in [-0.25, -0.2) is 0 Å². The van der Waals surface area contributed by atoms with Crippen molar-refractivity contribution in [1.29, 1.82) is 0 Å². The largest absolute Gasteiger partial charge is 0.488 e. The molecule has 0 unspecified atom stereocenters. The molecule has 1 amide bonds. The zero-order chi connectivity index (χ0) is 19.5. The molecule has 3 aromatic rings. The third-order valence-corrected chi connectivity index (χ3v) is 6.61. The number of hydrogen-bond acceptors (Lipinski definition) is 6. The third kappa shape index (κ3) is 3.81. The van der Waals surface area contributed by atoms with Crippen LogP contribution in [0.15, 0.2) is 47.8 Å². The molecule has 0 aliphatic carbocycles. The Morgan fingerprint density at radius 3 is 2.89 bits per heavy atom. The minimum atomic E-state index is -0.408. The van der Waals surface area contributed by atoms with E-state index in [-0.39, 0.29) is 18.3 Å². The van der Waals surface area contributed by atoms with Crippen molar-refractivity contribution in [3.05, 3.63) is 63.2 Å². The Balaban J connectivity index is 1.56. The van der Waals surface area contributed by atoms with Gasteiger partial charge in [0.05, 0.1) is 23.9 Å². The summed E-state index contributed by atoms with van der Waals surface area (Å²) in [6.07, 6.45) is 0.108. The van der Waals surface area contributed by atoms with Crippen LogP contribution in [-0.4, -0.2) is 18.5 Å². The van der Waals surface area contributed by atoms with E-state index < -0.39 is 6.04 Å². The van der Waals surface area contributed by atoms with Gasteiger partial charge in [-0.05, 0) is 36.6 Å². The monoisotopic (exact) mass is 413 g/mol. The molecule has 1 N–H and O–H groups in total. The SMILES string of the molecule is CCOC(=O)C[C@H](NC(=O)c1cc2c(s1)-c1ccccc1OC2)c1cccs1. The first kappa shape index (κ1) is 18.7. The molecule has 1 aliphatic heterocycles. The maximum Gasteiger partial charge on any atom is 0.308 e. The second kappa shape index (κ2) is 8.16. The van der Waals surface area contributed by atoms with Gasteiger partial charge in [-0.15, -0.1) is 22.7 Å². The molecule has 1 aliphatic rings. The van der Waals surface area contributed by atoms with Gasteiger partial charge in [0.15, 0.2) is 0 Å². The lowest BCUT2D eigenvalue weighted by Crippen LogP contribution is -2.29. The zero-order valence-electron chi connectivity index (χ0n) is 15.3. The lowest BCUT2D eigenvalue weighted by molar-refractivity contribution is -0.143. The minimum Gasteiger partial charge on any atom is -0.488 e. The number of para-hydroxylation sites is 1. The molecule has 28 heavy (non-hydrogen) atoms. The summed E-state index contributed by atoms with van der Waals surface area (Å²) in [4.78, 5) is 27.5. The standard InChI is InChI=1S/C21H19NO4S2/c1-2-25-19(23)11-15(17-8-5-9-27-17)22-21(24)18-10-13-12-26-16-7-4-3-6-14(16)20(13)28-18/h3-10,15H,2,11-12H2,1H3,(H,22,24)/t15-/m0/s1. The molecular formula is C21H19NO4S2. The lowest BCUT2D eigenvalue weighted by atomic mass is 10.1. The van der Waals surface area contributed by atoms with Gasteiger partial charge in [0.2, 0.25) is 0 Å². The van der Waals surface area contributed by atoms with Gasteiger partial charge in [0, 0.05) is 20.9 Å². The van der Waals surface area contributed by atoms with Crippen molar-refractivity contribution in [2.45, 2.75) is 26.0 Å². The fraction of sp³-hybridized carbons (Fsp3) is 0.238. The van der Waals surface area contributed by atoms with Crippen LogP contribution < -0.4 is 10.1 Å². The number of rotatable bonds is 6. The molecule has 144 valence electrons. The van der Waals surface area contributed by atoms with Crippen LogP contribution in [0.5, 0.6) is 5.75 Å². The molecule has 5 nitrogen and oxygen atoms in total. The van der Waals surface area contributed by atoms with Crippen molar-refractivity contribution in [3.8, 4) is 16.2 Å². The van der Waals surface area contributed by atoms with Gasteiger partial charge in [0.25, 0.3) is 5.91 Å². The highest BCUT2D eigenvalue weighted by atomic mass is 32.1. The summed E-state index contributed by atoms with van der Waals surface area (Å²) in [6.45, 7) is 2.54. The maximum atomic E-state index is 12.9. The van der Waals surface area contributed by atoms with E-state index in [9.17, 15) is 9.59 Å². The summed E-state index contributed by atoms with van der Waals surface area (Å²) in [6, 6.07) is 13.1. The van der Waals surface area contributed by atoms with E-state index in [0.29, 0.717) is 18.1 Å². The molecule has 0 radical (unpaired) electrons. The average molecular weight is 414 g/mol. The number of amides is 1. The van der Waals surface area contributed by atoms with Crippen LogP contribution in [0.3, 0.4) is 0 Å². The van der Waals surface area contributed by atoms with Gasteiger partial charge in [-0.1, -0.05) is 18.2 Å². The van der Waals surface area contributed by atoms with E-state index >= 15 is 0 Å². The van der Waals surface area contributed by atoms with Gasteiger partial charge >= 0.3 is 5.97 Å². The second-order valence-corrected chi connectivity index (χ2v) is 8.33. The van der Waals surface area contributed by atoms with E-state index in [1.807, 2.05) is 47.8 Å². The highest BCUT2D eigenvalue weighted by molar-refractivity contribution is 7.17. The third-order valence-electron chi connectivity index (χ3n) is 4.42. The Labute approximate surface area is 170 Å². The van der Waals surface area contributed by atoms with Crippen LogP contribution >= 0.6 is 22.7 Å². The number of esters is 1. The first-order valence-electron chi connectivity index (χ1n) is 9.00. The van der Waals surface area contributed by atoms with Crippen LogP contribution in [0.25, 0.3) is 10.4 Å². The van der Waals surface area contributed by atoms with Gasteiger partial charge < -0.3 is 14.8 Å². The van der Waals surface area contributed by atoms with Crippen LogP contribution in [0.2, 0.25) is 0 Å². The van der Waals surface area contributed by atoms with Crippen molar-refractivity contribution in [1.82, 2.24) is 5.32 Å². The molecule has 3 heterocycles. The summed E-state index contributed by atoms with van der Waals surface area (Å²) in [5.74, 6) is 0.316. The van der Waals surface area contributed by atoms with E-state index in [1.165, 1.54) is 22.7 Å². The smallest absolute Gasteiger partial charge is 0.308 e. The second-order valence-electron chi connectivity index (χ2n) is 6.30. The van der Waals surface area contributed by atoms with Crippen LogP contribution in [0, 0.1) is 0 Å². The van der Waals surface area contributed by atoms with Crippen LogP contribution in [-0.2, 0) is 16.1 Å². The number of hydrogen-bond donors (Lipinski definition) is 1. The fourth-order valence-electron chi connectivity index (χ4n) is 3.14. The van der Waals surface area contributed by atoms with E-state index in [0.717, 1.165) is 26.6 Å². The first-order valence-corrected chi connectivity index (χ1v) is 10.7. The number of ether oxygens (including phenoxy) is 2. The normalized spacial score (nSPS) is 13.0. The van der Waals surface area contributed by atoms with Crippen molar-refractivity contribution < 1.29 is 19.1 Å². The topological polar surface area (TPSA) is 64.6 Å². The first-order chi connectivity index (χ1) is 13.7. The number of benzene rings is 1. The van der Waals surface area contributed by atoms with E-state index in [4.69, 9.17) is 9.47 Å². The maximum absolute atomic E-state index is 12.9. The molecule has 1 atom stereocenters. The molecule has 2 aromatic heterocycles. The Kier molecular flexibility index (Phi) is 5.45. The number of nitrogens with one attached hydrogen (secondary N) is 1. The predicted octanol–water partition coefficient (Wildman–Crippen LogP) is 4.79. The van der Waals surface area contributed by atoms with Gasteiger partial charge in [-0.3, -0.25) is 9.59 Å². The molecular weight excluding hydrogens is 394 g/mol. The van der Waals surface area contributed by atoms with Crippen molar-refractivity contribution in [2.24, 2.45) is 0 Å². The minimum absolute atomic E-state index is 0.108. The van der Waals surface area contributed by atoms with Crippen molar-refractivity contribution in [2.75, 3.05) is 6.61 Å². The number of carbonyl (C=O) groups is 2. The number of thiophene rings is 2.